The Morgan fingerprint density at radius 2 is 1.76 bits per heavy atom. The van der Waals surface area contributed by atoms with Gasteiger partial charge >= 0.3 is 0 Å². The van der Waals surface area contributed by atoms with Gasteiger partial charge in [0.1, 0.15) is 12.4 Å². The lowest BCUT2D eigenvalue weighted by Crippen LogP contribution is -1.97. The summed E-state index contributed by atoms with van der Waals surface area (Å²) in [4.78, 5) is 0. The van der Waals surface area contributed by atoms with Crippen molar-refractivity contribution in [1.82, 2.24) is 14.9 Å². The highest BCUT2D eigenvalue weighted by atomic mass is 35.5. The highest BCUT2D eigenvalue weighted by Gasteiger charge is 2.08. The van der Waals surface area contributed by atoms with Crippen molar-refractivity contribution in [3.05, 3.63) is 99.8 Å². The van der Waals surface area contributed by atoms with Gasteiger partial charge in [-0.15, -0.1) is 0 Å². The van der Waals surface area contributed by atoms with Crippen molar-refractivity contribution in [1.29, 1.82) is 0 Å². The fourth-order valence-electron chi connectivity index (χ4n) is 2.75. The van der Waals surface area contributed by atoms with Gasteiger partial charge in [0.2, 0.25) is 4.77 Å². The lowest BCUT2D eigenvalue weighted by molar-refractivity contribution is 0.306. The lowest BCUT2D eigenvalue weighted by atomic mass is 10.2. The number of H-pyrrole nitrogens is 1. The Labute approximate surface area is 178 Å². The molecule has 7 heteroatoms. The molecule has 3 aromatic carbocycles. The summed E-state index contributed by atoms with van der Waals surface area (Å²) < 4.78 is 7.80. The molecule has 0 unspecified atom stereocenters. The third-order valence-electron chi connectivity index (χ3n) is 4.20. The molecule has 5 nitrogen and oxygen atoms in total. The van der Waals surface area contributed by atoms with E-state index in [1.807, 2.05) is 72.8 Å². The minimum Gasteiger partial charge on any atom is -0.487 e. The van der Waals surface area contributed by atoms with Crippen LogP contribution in [0.4, 0.5) is 0 Å². The molecule has 0 aliphatic heterocycles. The van der Waals surface area contributed by atoms with Crippen molar-refractivity contribution in [2.75, 3.05) is 0 Å². The largest absolute Gasteiger partial charge is 0.487 e. The van der Waals surface area contributed by atoms with E-state index in [1.165, 1.54) is 0 Å². The Bertz CT molecular complexity index is 1190. The highest BCUT2D eigenvalue weighted by molar-refractivity contribution is 7.71. The Hall–Kier alpha value is -3.22. The molecule has 0 aliphatic rings. The van der Waals surface area contributed by atoms with E-state index < -0.39 is 0 Å². The SMILES string of the molecule is S=c1[nH]nc(-c2ccccc2)n1/N=C\c1ccc(OCc2ccccc2)c(Cl)c1. The molecule has 0 spiro atoms. The van der Waals surface area contributed by atoms with Gasteiger partial charge < -0.3 is 4.74 Å². The zero-order valence-electron chi connectivity index (χ0n) is 15.3. The van der Waals surface area contributed by atoms with Crippen LogP contribution in [0.5, 0.6) is 5.75 Å². The average Bonchev–Trinajstić information content (AvgIpc) is 3.13. The maximum atomic E-state index is 6.38. The standard InChI is InChI=1S/C22H17ClN4OS/c23-19-13-17(11-12-20(19)28-15-16-7-3-1-4-8-16)14-24-27-21(25-26-22(27)29)18-9-5-2-6-10-18/h1-14H,15H2,(H,26,29)/b24-14-. The zero-order chi connectivity index (χ0) is 20.1. The molecule has 1 aromatic heterocycles. The molecule has 0 bridgehead atoms. The Balaban J connectivity index is 1.52. The lowest BCUT2D eigenvalue weighted by Gasteiger charge is -2.08. The zero-order valence-corrected chi connectivity index (χ0v) is 16.9. The number of halogens is 1. The molecular weight excluding hydrogens is 404 g/mol. The van der Waals surface area contributed by atoms with E-state index in [4.69, 9.17) is 28.6 Å². The summed E-state index contributed by atoms with van der Waals surface area (Å²) in [5, 5.41) is 12.0. The number of hydrogen-bond acceptors (Lipinski definition) is 4. The van der Waals surface area contributed by atoms with Crippen LogP contribution in [0.1, 0.15) is 11.1 Å². The van der Waals surface area contributed by atoms with Gasteiger partial charge in [0.15, 0.2) is 5.82 Å². The Kier molecular flexibility index (Phi) is 5.84. The first-order valence-electron chi connectivity index (χ1n) is 8.94. The molecule has 0 atom stereocenters. The van der Waals surface area contributed by atoms with Crippen molar-refractivity contribution in [3.8, 4) is 17.1 Å². The summed E-state index contributed by atoms with van der Waals surface area (Å²) >= 11 is 11.7. The fraction of sp³-hybridized carbons (Fsp3) is 0.0455. The van der Waals surface area contributed by atoms with Crippen molar-refractivity contribution < 1.29 is 4.74 Å². The van der Waals surface area contributed by atoms with Crippen molar-refractivity contribution >= 4 is 30.0 Å². The minimum absolute atomic E-state index is 0.411. The third-order valence-corrected chi connectivity index (χ3v) is 4.76. The number of nitrogens with zero attached hydrogens (tertiary/aromatic N) is 3. The van der Waals surface area contributed by atoms with E-state index in [2.05, 4.69) is 15.3 Å². The van der Waals surface area contributed by atoms with E-state index >= 15 is 0 Å². The molecule has 144 valence electrons. The topological polar surface area (TPSA) is 55.2 Å². The van der Waals surface area contributed by atoms with Gasteiger partial charge in [-0.25, -0.2) is 5.10 Å². The van der Waals surface area contributed by atoms with E-state index in [-0.39, 0.29) is 0 Å². The second-order valence-electron chi connectivity index (χ2n) is 6.24. The molecule has 29 heavy (non-hydrogen) atoms. The van der Waals surface area contributed by atoms with E-state index in [0.29, 0.717) is 28.0 Å². The van der Waals surface area contributed by atoms with Crippen LogP contribution in [0.25, 0.3) is 11.4 Å². The van der Waals surface area contributed by atoms with Gasteiger partial charge in [-0.3, -0.25) is 0 Å². The monoisotopic (exact) mass is 420 g/mol. The van der Waals surface area contributed by atoms with Gasteiger partial charge in [-0.1, -0.05) is 72.3 Å². The number of rotatable bonds is 6. The quantitative estimate of drug-likeness (QED) is 0.320. The number of hydrogen-bond donors (Lipinski definition) is 1. The molecule has 1 N–H and O–H groups in total. The van der Waals surface area contributed by atoms with Crippen LogP contribution in [-0.2, 0) is 6.61 Å². The predicted molar refractivity (Wildman–Crippen MR) is 118 cm³/mol. The van der Waals surface area contributed by atoms with Gasteiger partial charge in [0, 0.05) is 5.56 Å². The van der Waals surface area contributed by atoms with Crippen molar-refractivity contribution in [2.45, 2.75) is 6.61 Å². The first kappa shape index (κ1) is 19.1. The molecular formula is C22H17ClN4OS. The van der Waals surface area contributed by atoms with Crippen LogP contribution < -0.4 is 4.74 Å². The molecule has 1 heterocycles. The normalized spacial score (nSPS) is 11.1. The summed E-state index contributed by atoms with van der Waals surface area (Å²) in [6.45, 7) is 0.457. The molecule has 4 rings (SSSR count). The summed E-state index contributed by atoms with van der Waals surface area (Å²) in [7, 11) is 0. The highest BCUT2D eigenvalue weighted by Crippen LogP contribution is 2.26. The van der Waals surface area contributed by atoms with Gasteiger partial charge in [-0.05, 0) is 41.5 Å². The Morgan fingerprint density at radius 3 is 2.48 bits per heavy atom. The first-order valence-corrected chi connectivity index (χ1v) is 9.73. The van der Waals surface area contributed by atoms with Gasteiger partial charge in [-0.2, -0.15) is 14.9 Å². The fourth-order valence-corrected chi connectivity index (χ4v) is 3.17. The maximum absolute atomic E-state index is 6.38. The average molecular weight is 421 g/mol. The summed E-state index contributed by atoms with van der Waals surface area (Å²) in [6, 6.07) is 25.2. The van der Waals surface area contributed by atoms with Crippen LogP contribution in [-0.4, -0.2) is 21.1 Å². The van der Waals surface area contributed by atoms with Crippen molar-refractivity contribution in [2.24, 2.45) is 5.10 Å². The maximum Gasteiger partial charge on any atom is 0.216 e. The van der Waals surface area contributed by atoms with Gasteiger partial charge in [0.25, 0.3) is 0 Å². The number of aromatic nitrogens is 3. The number of benzene rings is 3. The molecule has 0 amide bonds. The van der Waals surface area contributed by atoms with E-state index in [1.54, 1.807) is 17.0 Å². The molecule has 0 saturated carbocycles. The van der Waals surface area contributed by atoms with Crippen molar-refractivity contribution in [3.63, 3.8) is 0 Å². The summed E-state index contributed by atoms with van der Waals surface area (Å²) in [6.07, 6.45) is 1.69. The van der Waals surface area contributed by atoms with Crippen LogP contribution in [0, 0.1) is 4.77 Å². The van der Waals surface area contributed by atoms with Gasteiger partial charge in [0.05, 0.1) is 11.2 Å². The summed E-state index contributed by atoms with van der Waals surface area (Å²) in [5.41, 5.74) is 2.82. The molecule has 0 radical (unpaired) electrons. The van der Waals surface area contributed by atoms with Crippen LogP contribution >= 0.6 is 23.8 Å². The molecule has 0 saturated heterocycles. The smallest absolute Gasteiger partial charge is 0.216 e. The number of ether oxygens (including phenoxy) is 1. The summed E-state index contributed by atoms with van der Waals surface area (Å²) in [5.74, 6) is 1.26. The number of aromatic amines is 1. The third kappa shape index (κ3) is 4.62. The number of nitrogens with one attached hydrogen (secondary N) is 1. The first-order chi connectivity index (χ1) is 14.2. The van der Waals surface area contributed by atoms with Crippen LogP contribution in [0.15, 0.2) is 84.0 Å². The van der Waals surface area contributed by atoms with E-state index in [0.717, 1.165) is 16.7 Å². The Morgan fingerprint density at radius 1 is 1.03 bits per heavy atom. The second-order valence-corrected chi connectivity index (χ2v) is 7.03. The molecule has 0 fully saturated rings. The predicted octanol–water partition coefficient (Wildman–Crippen LogP) is 5.72. The molecule has 0 aliphatic carbocycles. The van der Waals surface area contributed by atoms with E-state index in [9.17, 15) is 0 Å². The van der Waals surface area contributed by atoms with Crippen LogP contribution in [0.3, 0.4) is 0 Å². The molecule has 4 aromatic rings. The minimum atomic E-state index is 0.411. The van der Waals surface area contributed by atoms with Crippen LogP contribution in [0.2, 0.25) is 5.02 Å². The second kappa shape index (κ2) is 8.86.